The van der Waals surface area contributed by atoms with Crippen LogP contribution in [0.1, 0.15) is 40.5 Å². The molecule has 0 saturated carbocycles. The molecule has 30 heavy (non-hydrogen) atoms. The summed E-state index contributed by atoms with van der Waals surface area (Å²) >= 11 is 0. The fraction of sp³-hybridized carbons (Fsp3) is 0.722. The normalized spacial score (nSPS) is 16.0. The van der Waals surface area contributed by atoms with Crippen molar-refractivity contribution in [1.82, 2.24) is 16.0 Å². The van der Waals surface area contributed by atoms with E-state index in [9.17, 15) is 29.1 Å². The van der Waals surface area contributed by atoms with Crippen molar-refractivity contribution in [2.45, 2.75) is 64.7 Å². The predicted octanol–water partition coefficient (Wildman–Crippen LogP) is -1.98. The molecule has 12 nitrogen and oxygen atoms in total. The predicted molar refractivity (Wildman–Crippen MR) is 105 cm³/mol. The number of carboxylic acid groups (broad SMARTS) is 2. The van der Waals surface area contributed by atoms with Crippen molar-refractivity contribution in [2.75, 3.05) is 6.61 Å². The SMILES string of the molecule is CCC(C)C(NC(=O)C(N)C(C)C)C(=O)NC(CO)C(=O)NC(CC(=O)O)C(=O)O. The number of amides is 3. The molecule has 172 valence electrons. The van der Waals surface area contributed by atoms with E-state index in [1.165, 1.54) is 0 Å². The topological polar surface area (TPSA) is 208 Å². The Kier molecular flexibility index (Phi) is 11.6. The van der Waals surface area contributed by atoms with Gasteiger partial charge in [0.25, 0.3) is 0 Å². The largest absolute Gasteiger partial charge is 0.481 e. The van der Waals surface area contributed by atoms with Crippen LogP contribution in [0, 0.1) is 11.8 Å². The summed E-state index contributed by atoms with van der Waals surface area (Å²) in [5.41, 5.74) is 5.80. The third kappa shape index (κ3) is 8.74. The number of carbonyl (C=O) groups excluding carboxylic acids is 3. The van der Waals surface area contributed by atoms with Crippen LogP contribution in [0.5, 0.6) is 0 Å². The van der Waals surface area contributed by atoms with Gasteiger partial charge >= 0.3 is 11.9 Å². The fourth-order valence-electron chi connectivity index (χ4n) is 2.36. The molecule has 5 atom stereocenters. The molecule has 0 bridgehead atoms. The Bertz CT molecular complexity index is 640. The second-order valence-electron chi connectivity index (χ2n) is 7.38. The minimum absolute atomic E-state index is 0.177. The van der Waals surface area contributed by atoms with Gasteiger partial charge < -0.3 is 37.0 Å². The average molecular weight is 432 g/mol. The lowest BCUT2D eigenvalue weighted by atomic mass is 9.96. The van der Waals surface area contributed by atoms with Gasteiger partial charge in [-0.15, -0.1) is 0 Å². The molecular formula is C18H32N4O8. The fourth-order valence-corrected chi connectivity index (χ4v) is 2.36. The van der Waals surface area contributed by atoms with Gasteiger partial charge in [0, 0.05) is 0 Å². The number of nitrogens with two attached hydrogens (primary N) is 1. The quantitative estimate of drug-likeness (QED) is 0.172. The molecule has 0 heterocycles. The number of aliphatic hydroxyl groups excluding tert-OH is 1. The van der Waals surface area contributed by atoms with Crippen LogP contribution in [0.2, 0.25) is 0 Å². The number of aliphatic carboxylic acids is 2. The molecule has 3 amide bonds. The van der Waals surface area contributed by atoms with Crippen molar-refractivity contribution >= 4 is 29.7 Å². The number of aliphatic hydroxyl groups is 1. The van der Waals surface area contributed by atoms with Crippen LogP contribution in [0.4, 0.5) is 0 Å². The van der Waals surface area contributed by atoms with Crippen molar-refractivity contribution in [3.8, 4) is 0 Å². The third-order valence-corrected chi connectivity index (χ3v) is 4.62. The first-order valence-corrected chi connectivity index (χ1v) is 9.57. The van der Waals surface area contributed by atoms with Crippen LogP contribution in [-0.4, -0.2) is 75.8 Å². The van der Waals surface area contributed by atoms with E-state index < -0.39 is 66.9 Å². The van der Waals surface area contributed by atoms with Gasteiger partial charge in [-0.3, -0.25) is 19.2 Å². The van der Waals surface area contributed by atoms with Crippen LogP contribution in [0.3, 0.4) is 0 Å². The van der Waals surface area contributed by atoms with Crippen molar-refractivity contribution in [3.05, 3.63) is 0 Å². The molecule has 0 aliphatic heterocycles. The van der Waals surface area contributed by atoms with Crippen molar-refractivity contribution in [2.24, 2.45) is 17.6 Å². The van der Waals surface area contributed by atoms with Crippen LogP contribution in [-0.2, 0) is 24.0 Å². The molecule has 5 unspecified atom stereocenters. The third-order valence-electron chi connectivity index (χ3n) is 4.62. The summed E-state index contributed by atoms with van der Waals surface area (Å²) in [5, 5.41) is 33.9. The molecule has 0 spiro atoms. The van der Waals surface area contributed by atoms with E-state index in [-0.39, 0.29) is 11.8 Å². The second-order valence-corrected chi connectivity index (χ2v) is 7.38. The average Bonchev–Trinajstić information content (AvgIpc) is 2.67. The molecule has 8 N–H and O–H groups in total. The molecule has 0 fully saturated rings. The van der Waals surface area contributed by atoms with Gasteiger partial charge in [-0.05, 0) is 11.8 Å². The van der Waals surface area contributed by atoms with E-state index in [1.807, 2.05) is 5.32 Å². The standard InChI is InChI=1S/C18H32N4O8/c1-5-9(4)14(22-16(27)13(19)8(2)3)17(28)21-11(7-23)15(26)20-10(18(29)30)6-12(24)25/h8-11,13-14,23H,5-7,19H2,1-4H3,(H,20,26)(H,21,28)(H,22,27)(H,24,25)(H,29,30). The Balaban J connectivity index is 5.32. The summed E-state index contributed by atoms with van der Waals surface area (Å²) in [4.78, 5) is 59.0. The Morgan fingerprint density at radius 3 is 1.80 bits per heavy atom. The maximum absolute atomic E-state index is 12.7. The molecule has 0 rings (SSSR count). The Hall–Kier alpha value is -2.73. The number of nitrogens with one attached hydrogen (secondary N) is 3. The lowest BCUT2D eigenvalue weighted by molar-refractivity contribution is -0.147. The van der Waals surface area contributed by atoms with E-state index >= 15 is 0 Å². The maximum Gasteiger partial charge on any atom is 0.326 e. The zero-order valence-electron chi connectivity index (χ0n) is 17.5. The first-order valence-electron chi connectivity index (χ1n) is 9.57. The molecule has 0 radical (unpaired) electrons. The molecule has 0 aromatic carbocycles. The summed E-state index contributed by atoms with van der Waals surface area (Å²) in [5.74, 6) is -5.95. The molecular weight excluding hydrogens is 400 g/mol. The zero-order valence-corrected chi connectivity index (χ0v) is 17.5. The smallest absolute Gasteiger partial charge is 0.326 e. The lowest BCUT2D eigenvalue weighted by Gasteiger charge is -2.27. The number of hydrogen-bond acceptors (Lipinski definition) is 7. The first-order chi connectivity index (χ1) is 13.8. The van der Waals surface area contributed by atoms with E-state index in [2.05, 4.69) is 10.6 Å². The Labute approximate surface area is 174 Å². The highest BCUT2D eigenvalue weighted by Gasteiger charge is 2.33. The van der Waals surface area contributed by atoms with Gasteiger partial charge in [-0.25, -0.2) is 4.79 Å². The van der Waals surface area contributed by atoms with Crippen molar-refractivity contribution in [3.63, 3.8) is 0 Å². The van der Waals surface area contributed by atoms with Crippen LogP contribution >= 0.6 is 0 Å². The molecule has 0 aliphatic rings. The van der Waals surface area contributed by atoms with Crippen molar-refractivity contribution < 1.29 is 39.3 Å². The van der Waals surface area contributed by atoms with E-state index in [4.69, 9.17) is 15.9 Å². The minimum atomic E-state index is -1.74. The van der Waals surface area contributed by atoms with Gasteiger partial charge in [0.1, 0.15) is 18.1 Å². The number of hydrogen-bond donors (Lipinski definition) is 7. The molecule has 0 aliphatic carbocycles. The Morgan fingerprint density at radius 2 is 1.40 bits per heavy atom. The van der Waals surface area contributed by atoms with Crippen LogP contribution in [0.25, 0.3) is 0 Å². The van der Waals surface area contributed by atoms with Crippen LogP contribution in [0.15, 0.2) is 0 Å². The lowest BCUT2D eigenvalue weighted by Crippen LogP contribution is -2.60. The van der Waals surface area contributed by atoms with Gasteiger partial charge in [0.05, 0.1) is 19.1 Å². The molecule has 0 aromatic rings. The molecule has 0 aromatic heterocycles. The number of carboxylic acids is 2. The van der Waals surface area contributed by atoms with E-state index in [0.717, 1.165) is 0 Å². The van der Waals surface area contributed by atoms with Crippen molar-refractivity contribution in [1.29, 1.82) is 0 Å². The summed E-state index contributed by atoms with van der Waals surface area (Å²) in [6, 6.07) is -5.19. The summed E-state index contributed by atoms with van der Waals surface area (Å²) < 4.78 is 0. The minimum Gasteiger partial charge on any atom is -0.481 e. The number of carbonyl (C=O) groups is 5. The molecule has 12 heteroatoms. The second kappa shape index (κ2) is 12.8. The summed E-state index contributed by atoms with van der Waals surface area (Å²) in [7, 11) is 0. The van der Waals surface area contributed by atoms with E-state index in [0.29, 0.717) is 6.42 Å². The highest BCUT2D eigenvalue weighted by molar-refractivity contribution is 5.94. The summed E-state index contributed by atoms with van der Waals surface area (Å²) in [6.45, 7) is 6.10. The monoisotopic (exact) mass is 432 g/mol. The highest BCUT2D eigenvalue weighted by Crippen LogP contribution is 2.10. The van der Waals surface area contributed by atoms with Gasteiger partial charge in [0.15, 0.2) is 0 Å². The Morgan fingerprint density at radius 1 is 0.867 bits per heavy atom. The van der Waals surface area contributed by atoms with Gasteiger partial charge in [0.2, 0.25) is 17.7 Å². The summed E-state index contributed by atoms with van der Waals surface area (Å²) in [6.07, 6.45) is -0.378. The highest BCUT2D eigenvalue weighted by atomic mass is 16.4. The molecule has 0 saturated heterocycles. The van der Waals surface area contributed by atoms with E-state index in [1.54, 1.807) is 27.7 Å². The maximum atomic E-state index is 12.7. The van der Waals surface area contributed by atoms with Gasteiger partial charge in [-0.2, -0.15) is 0 Å². The van der Waals surface area contributed by atoms with Crippen LogP contribution < -0.4 is 21.7 Å². The zero-order chi connectivity index (χ0) is 23.6. The first kappa shape index (κ1) is 27.3. The van der Waals surface area contributed by atoms with Gasteiger partial charge in [-0.1, -0.05) is 34.1 Å². The number of rotatable bonds is 13.